The van der Waals surface area contributed by atoms with Gasteiger partial charge in [0, 0.05) is 38.6 Å². The lowest BCUT2D eigenvalue weighted by Gasteiger charge is -2.37. The number of hydrogen-bond acceptors (Lipinski definition) is 4. The molecule has 2 aliphatic rings. The molecule has 172 valence electrons. The number of ether oxygens (including phenoxy) is 1. The molecule has 0 spiro atoms. The summed E-state index contributed by atoms with van der Waals surface area (Å²) in [6.45, 7) is 8.46. The van der Waals surface area contributed by atoms with Crippen LogP contribution < -0.4 is 10.2 Å². The van der Waals surface area contributed by atoms with E-state index in [1.165, 1.54) is 0 Å². The van der Waals surface area contributed by atoms with Crippen molar-refractivity contribution in [1.82, 2.24) is 10.2 Å². The van der Waals surface area contributed by atoms with E-state index in [2.05, 4.69) is 10.2 Å². The van der Waals surface area contributed by atoms with Gasteiger partial charge in [0.1, 0.15) is 5.60 Å². The van der Waals surface area contributed by atoms with Crippen molar-refractivity contribution < 1.29 is 14.3 Å². The summed E-state index contributed by atoms with van der Waals surface area (Å²) in [6.07, 6.45) is 3.90. The Morgan fingerprint density at radius 3 is 2.32 bits per heavy atom. The van der Waals surface area contributed by atoms with Crippen LogP contribution in [0.1, 0.15) is 52.9 Å². The second-order valence-corrected chi connectivity index (χ2v) is 10.3. The van der Waals surface area contributed by atoms with Gasteiger partial charge in [-0.15, -0.1) is 0 Å². The average molecular weight is 470 g/mol. The zero-order chi connectivity index (χ0) is 22.6. The largest absolute Gasteiger partial charge is 0.444 e. The summed E-state index contributed by atoms with van der Waals surface area (Å²) >= 11 is 12.5. The molecular weight excluding hydrogens is 437 g/mol. The fourth-order valence-corrected chi connectivity index (χ4v) is 4.71. The minimum atomic E-state index is -0.490. The molecule has 6 nitrogen and oxygen atoms in total. The third-order valence-corrected chi connectivity index (χ3v) is 6.74. The summed E-state index contributed by atoms with van der Waals surface area (Å²) in [6, 6.07) is 5.78. The summed E-state index contributed by atoms with van der Waals surface area (Å²) in [4.78, 5) is 28.9. The number of carbonyl (C=O) groups excluding carboxylic acids is 2. The van der Waals surface area contributed by atoms with Crippen LogP contribution in [0.5, 0.6) is 0 Å². The Balaban J connectivity index is 1.40. The number of halogens is 2. The van der Waals surface area contributed by atoms with Crippen molar-refractivity contribution >= 4 is 40.9 Å². The van der Waals surface area contributed by atoms with Crippen molar-refractivity contribution in [2.24, 2.45) is 5.92 Å². The summed E-state index contributed by atoms with van der Waals surface area (Å²) in [5.41, 5.74) is 0.438. The van der Waals surface area contributed by atoms with Gasteiger partial charge in [-0.2, -0.15) is 0 Å². The molecule has 31 heavy (non-hydrogen) atoms. The van der Waals surface area contributed by atoms with Crippen molar-refractivity contribution in [1.29, 1.82) is 0 Å². The fourth-order valence-electron chi connectivity index (χ4n) is 4.29. The summed E-state index contributed by atoms with van der Waals surface area (Å²) in [5, 5.41) is 4.08. The average Bonchev–Trinajstić information content (AvgIpc) is 2.70. The molecule has 2 fully saturated rings. The van der Waals surface area contributed by atoms with Crippen LogP contribution in [0.25, 0.3) is 0 Å². The van der Waals surface area contributed by atoms with E-state index in [1.807, 2.05) is 37.8 Å². The standard InChI is InChI=1S/C23H33Cl2N3O3/c1-23(2,3)31-22(30)26-17-9-7-16(8-10-17)15-20(29)28-13-11-27(12-14-28)19-6-4-5-18(24)21(19)25/h4-6,16-17H,7-15H2,1-3H3,(H,26,30)/t16-,17-. The molecule has 1 aliphatic carbocycles. The van der Waals surface area contributed by atoms with Crippen molar-refractivity contribution in [3.8, 4) is 0 Å². The number of alkyl carbamates (subject to hydrolysis) is 1. The van der Waals surface area contributed by atoms with Crippen LogP contribution in [0.15, 0.2) is 18.2 Å². The first-order chi connectivity index (χ1) is 14.6. The Kier molecular flexibility index (Phi) is 7.98. The van der Waals surface area contributed by atoms with Gasteiger partial charge in [0.2, 0.25) is 5.91 Å². The monoisotopic (exact) mass is 469 g/mol. The lowest BCUT2D eigenvalue weighted by Crippen LogP contribution is -2.49. The second-order valence-electron chi connectivity index (χ2n) is 9.51. The van der Waals surface area contributed by atoms with Gasteiger partial charge in [-0.05, 0) is 64.5 Å². The zero-order valence-corrected chi connectivity index (χ0v) is 20.1. The van der Waals surface area contributed by atoms with E-state index < -0.39 is 5.60 Å². The Hall–Kier alpha value is -1.66. The number of benzene rings is 1. The summed E-state index contributed by atoms with van der Waals surface area (Å²) in [5.74, 6) is 0.602. The fraction of sp³-hybridized carbons (Fsp3) is 0.652. The highest BCUT2D eigenvalue weighted by atomic mass is 35.5. The van der Waals surface area contributed by atoms with Gasteiger partial charge >= 0.3 is 6.09 Å². The molecule has 0 unspecified atom stereocenters. The lowest BCUT2D eigenvalue weighted by molar-refractivity contribution is -0.132. The van der Waals surface area contributed by atoms with Crippen molar-refractivity contribution in [3.63, 3.8) is 0 Å². The molecule has 1 heterocycles. The minimum absolute atomic E-state index is 0.132. The number of anilines is 1. The van der Waals surface area contributed by atoms with E-state index in [1.54, 1.807) is 6.07 Å². The maximum absolute atomic E-state index is 12.8. The molecule has 2 amide bonds. The van der Waals surface area contributed by atoms with Crippen LogP contribution in [0.3, 0.4) is 0 Å². The van der Waals surface area contributed by atoms with E-state index in [4.69, 9.17) is 27.9 Å². The Morgan fingerprint density at radius 1 is 1.06 bits per heavy atom. The summed E-state index contributed by atoms with van der Waals surface area (Å²) < 4.78 is 5.34. The van der Waals surface area contributed by atoms with Gasteiger partial charge < -0.3 is 19.9 Å². The smallest absolute Gasteiger partial charge is 0.407 e. The van der Waals surface area contributed by atoms with Gasteiger partial charge in [0.25, 0.3) is 0 Å². The van der Waals surface area contributed by atoms with E-state index >= 15 is 0 Å². The second kappa shape index (κ2) is 10.3. The van der Waals surface area contributed by atoms with Crippen LogP contribution in [0, 0.1) is 5.92 Å². The van der Waals surface area contributed by atoms with Crippen LogP contribution in [0.4, 0.5) is 10.5 Å². The van der Waals surface area contributed by atoms with Crippen LogP contribution in [0.2, 0.25) is 10.0 Å². The van der Waals surface area contributed by atoms with E-state index in [0.717, 1.165) is 44.5 Å². The van der Waals surface area contributed by atoms with Crippen molar-refractivity contribution in [2.75, 3.05) is 31.1 Å². The zero-order valence-electron chi connectivity index (χ0n) is 18.6. The number of carbonyl (C=O) groups is 2. The predicted octanol–water partition coefficient (Wildman–Crippen LogP) is 5.12. The van der Waals surface area contributed by atoms with Gasteiger partial charge in [0.05, 0.1) is 15.7 Å². The number of nitrogens with one attached hydrogen (secondary N) is 1. The van der Waals surface area contributed by atoms with Gasteiger partial charge in [0.15, 0.2) is 0 Å². The molecule has 1 saturated carbocycles. The van der Waals surface area contributed by atoms with Gasteiger partial charge in [-0.25, -0.2) is 4.79 Å². The van der Waals surface area contributed by atoms with E-state index in [-0.39, 0.29) is 18.0 Å². The maximum Gasteiger partial charge on any atom is 0.407 e. The molecule has 1 N–H and O–H groups in total. The number of amides is 2. The molecule has 3 rings (SSSR count). The van der Waals surface area contributed by atoms with Crippen LogP contribution in [-0.4, -0.2) is 54.7 Å². The summed E-state index contributed by atoms with van der Waals surface area (Å²) in [7, 11) is 0. The Labute approximate surface area is 195 Å². The Bertz CT molecular complexity index is 781. The van der Waals surface area contributed by atoms with Gasteiger partial charge in [-0.1, -0.05) is 29.3 Å². The first-order valence-electron chi connectivity index (χ1n) is 11.1. The highest BCUT2D eigenvalue weighted by Crippen LogP contribution is 2.33. The first kappa shape index (κ1) is 24.0. The molecule has 8 heteroatoms. The number of piperazine rings is 1. The van der Waals surface area contributed by atoms with Crippen LogP contribution >= 0.6 is 23.2 Å². The van der Waals surface area contributed by atoms with Crippen molar-refractivity contribution in [2.45, 2.75) is 64.5 Å². The van der Waals surface area contributed by atoms with Crippen molar-refractivity contribution in [3.05, 3.63) is 28.2 Å². The number of hydrogen-bond donors (Lipinski definition) is 1. The molecule has 1 aliphatic heterocycles. The van der Waals surface area contributed by atoms with E-state index in [9.17, 15) is 9.59 Å². The molecule has 1 aromatic carbocycles. The molecule has 0 atom stereocenters. The SMILES string of the molecule is CC(C)(C)OC(=O)N[C@H]1CC[C@H](CC(=O)N2CCN(c3cccc(Cl)c3Cl)CC2)CC1. The molecule has 1 saturated heterocycles. The quantitative estimate of drug-likeness (QED) is 0.664. The number of nitrogens with zero attached hydrogens (tertiary/aromatic N) is 2. The third kappa shape index (κ3) is 6.91. The van der Waals surface area contributed by atoms with Gasteiger partial charge in [-0.3, -0.25) is 4.79 Å². The topological polar surface area (TPSA) is 61.9 Å². The highest BCUT2D eigenvalue weighted by molar-refractivity contribution is 6.43. The number of rotatable bonds is 4. The third-order valence-electron chi connectivity index (χ3n) is 5.94. The first-order valence-corrected chi connectivity index (χ1v) is 11.8. The van der Waals surface area contributed by atoms with E-state index in [0.29, 0.717) is 35.5 Å². The molecule has 0 radical (unpaired) electrons. The lowest BCUT2D eigenvalue weighted by atomic mass is 9.84. The molecule has 0 aromatic heterocycles. The highest BCUT2D eigenvalue weighted by Gasteiger charge is 2.29. The predicted molar refractivity (Wildman–Crippen MR) is 125 cm³/mol. The minimum Gasteiger partial charge on any atom is -0.444 e. The van der Waals surface area contributed by atoms with Crippen LogP contribution in [-0.2, 0) is 9.53 Å². The maximum atomic E-state index is 12.8. The Morgan fingerprint density at radius 2 is 1.71 bits per heavy atom. The molecule has 1 aromatic rings. The normalized spacial score (nSPS) is 22.2. The molecule has 0 bridgehead atoms. The molecular formula is C23H33Cl2N3O3.